The van der Waals surface area contributed by atoms with Crippen molar-refractivity contribution in [2.45, 2.75) is 6.10 Å². The third-order valence-electron chi connectivity index (χ3n) is 1.11. The van der Waals surface area contributed by atoms with Gasteiger partial charge in [-0.05, 0) is 0 Å². The monoisotopic (exact) mass is 172 g/mol. The normalized spacial score (nSPS) is 18.6. The Morgan fingerprint density at radius 1 is 1.58 bits per heavy atom. The third-order valence-corrected chi connectivity index (χ3v) is 1.11. The van der Waals surface area contributed by atoms with Gasteiger partial charge in [-0.3, -0.25) is 0 Å². The molecule has 0 bridgehead atoms. The van der Waals surface area contributed by atoms with E-state index in [1.165, 1.54) is 6.26 Å². The summed E-state index contributed by atoms with van der Waals surface area (Å²) in [6.07, 6.45) is 3.50. The first-order valence-corrected chi connectivity index (χ1v) is 3.79. The van der Waals surface area contributed by atoms with Crippen LogP contribution in [0.2, 0.25) is 0 Å². The molecule has 1 unspecified atom stereocenters. The van der Waals surface area contributed by atoms with Crippen molar-refractivity contribution in [1.29, 1.82) is 0 Å². The van der Waals surface area contributed by atoms with Gasteiger partial charge in [-0.25, -0.2) is 0 Å². The molecule has 0 aromatic carbocycles. The van der Waals surface area contributed by atoms with Crippen molar-refractivity contribution in [3.8, 4) is 0 Å². The molecule has 0 aliphatic carbocycles. The zero-order valence-corrected chi connectivity index (χ0v) is 7.49. The number of hydrogen-bond donors (Lipinski definition) is 0. The highest BCUT2D eigenvalue weighted by Crippen LogP contribution is 2.07. The van der Waals surface area contributed by atoms with Crippen LogP contribution in [-0.4, -0.2) is 33.0 Å². The molecule has 1 fully saturated rings. The quantitative estimate of drug-likeness (QED) is 0.271. The second-order valence-electron chi connectivity index (χ2n) is 2.18. The van der Waals surface area contributed by atoms with Crippen LogP contribution < -0.4 is 0 Å². The molecule has 0 radical (unpaired) electrons. The maximum atomic E-state index is 5.06. The fourth-order valence-corrected chi connectivity index (χ4v) is 0.447. The minimum Gasteiger partial charge on any atom is -0.505 e. The number of ether oxygens (including phenoxy) is 3. The molecule has 0 amide bonds. The van der Waals surface area contributed by atoms with E-state index in [1.807, 2.05) is 0 Å². The summed E-state index contributed by atoms with van der Waals surface area (Å²) in [5.74, 6) is 0. The van der Waals surface area contributed by atoms with Crippen molar-refractivity contribution in [3.63, 3.8) is 0 Å². The summed E-state index contributed by atoms with van der Waals surface area (Å²) in [5.41, 5.74) is 0. The van der Waals surface area contributed by atoms with Crippen molar-refractivity contribution >= 4 is 0 Å². The lowest BCUT2D eigenvalue weighted by atomic mass is 10.5. The molecule has 1 rings (SSSR count). The van der Waals surface area contributed by atoms with E-state index < -0.39 is 0 Å². The van der Waals surface area contributed by atoms with Crippen molar-refractivity contribution in [2.75, 3.05) is 26.9 Å². The highest BCUT2D eigenvalue weighted by Gasteiger charge is 2.21. The van der Waals surface area contributed by atoms with Gasteiger partial charge in [0.05, 0.1) is 33.2 Å². The van der Waals surface area contributed by atoms with Crippen LogP contribution in [0.3, 0.4) is 0 Å². The van der Waals surface area contributed by atoms with Crippen LogP contribution in [-0.2, 0) is 14.2 Å². The van der Waals surface area contributed by atoms with Gasteiger partial charge in [-0.2, -0.15) is 0 Å². The predicted molar refractivity (Wildman–Crippen MR) is 48.0 cm³/mol. The molecule has 3 nitrogen and oxygen atoms in total. The Morgan fingerprint density at radius 2 is 2.17 bits per heavy atom. The van der Waals surface area contributed by atoms with Crippen LogP contribution in [0.4, 0.5) is 0 Å². The van der Waals surface area contributed by atoms with Crippen LogP contribution in [0, 0.1) is 0 Å². The van der Waals surface area contributed by atoms with Crippen LogP contribution in [0.5, 0.6) is 0 Å². The Balaban J connectivity index is 0.000000261. The summed E-state index contributed by atoms with van der Waals surface area (Å²) < 4.78 is 14.3. The first kappa shape index (κ1) is 11.2. The van der Waals surface area contributed by atoms with Gasteiger partial charge in [0.25, 0.3) is 0 Å². The van der Waals surface area contributed by atoms with Crippen molar-refractivity contribution in [1.82, 2.24) is 0 Å². The zero-order valence-electron chi connectivity index (χ0n) is 7.49. The van der Waals surface area contributed by atoms with E-state index in [0.29, 0.717) is 12.7 Å². The van der Waals surface area contributed by atoms with E-state index in [1.54, 1.807) is 13.2 Å². The lowest BCUT2D eigenvalue weighted by Crippen LogP contribution is -2.00. The largest absolute Gasteiger partial charge is 0.505 e. The molecule has 0 spiro atoms. The summed E-state index contributed by atoms with van der Waals surface area (Å²) in [6, 6.07) is 0. The van der Waals surface area contributed by atoms with Crippen molar-refractivity contribution in [2.24, 2.45) is 0 Å². The number of methoxy groups -OCH3 is 1. The smallest absolute Gasteiger partial charge is 0.104 e. The van der Waals surface area contributed by atoms with E-state index in [4.69, 9.17) is 9.47 Å². The lowest BCUT2D eigenvalue weighted by molar-refractivity contribution is 0.141. The van der Waals surface area contributed by atoms with Crippen LogP contribution in [0.25, 0.3) is 0 Å². The second kappa shape index (κ2) is 8.30. The maximum absolute atomic E-state index is 5.06. The molecule has 0 N–H and O–H groups in total. The Hall–Kier alpha value is -0.800. The van der Waals surface area contributed by atoms with Gasteiger partial charge >= 0.3 is 0 Å². The van der Waals surface area contributed by atoms with Gasteiger partial charge in [0.2, 0.25) is 0 Å². The molecular formula is C9H16O3. The summed E-state index contributed by atoms with van der Waals surface area (Å²) in [6.45, 7) is 9.01. The number of rotatable bonds is 5. The van der Waals surface area contributed by atoms with Crippen LogP contribution in [0.15, 0.2) is 25.5 Å². The highest BCUT2D eigenvalue weighted by molar-refractivity contribution is 4.70. The first-order chi connectivity index (χ1) is 5.85. The topological polar surface area (TPSA) is 31.0 Å². The second-order valence-corrected chi connectivity index (χ2v) is 2.18. The standard InChI is InChI=1S/C6H10O2.C3H6O/c1-2-3-7-4-6-5-8-6;1-3-4-2/h2,6H,1,3-5H2;3H,1H2,2H3. The zero-order chi connectivity index (χ0) is 9.23. The average molecular weight is 172 g/mol. The third kappa shape index (κ3) is 9.20. The fourth-order valence-electron chi connectivity index (χ4n) is 0.447. The maximum Gasteiger partial charge on any atom is 0.104 e. The highest BCUT2D eigenvalue weighted by atomic mass is 16.6. The van der Waals surface area contributed by atoms with E-state index in [2.05, 4.69) is 17.9 Å². The molecule has 1 saturated heterocycles. The first-order valence-electron chi connectivity index (χ1n) is 3.79. The molecule has 0 aromatic heterocycles. The predicted octanol–water partition coefficient (Wildman–Crippen LogP) is 1.36. The Bertz CT molecular complexity index is 119. The van der Waals surface area contributed by atoms with E-state index in [0.717, 1.165) is 13.2 Å². The van der Waals surface area contributed by atoms with Gasteiger partial charge in [0.1, 0.15) is 6.10 Å². The summed E-state index contributed by atoms with van der Waals surface area (Å²) in [7, 11) is 1.56. The molecule has 12 heavy (non-hydrogen) atoms. The molecule has 1 heterocycles. The molecular weight excluding hydrogens is 156 g/mol. The molecule has 1 atom stereocenters. The van der Waals surface area contributed by atoms with Gasteiger partial charge in [0, 0.05) is 0 Å². The van der Waals surface area contributed by atoms with E-state index in [-0.39, 0.29) is 0 Å². The van der Waals surface area contributed by atoms with Crippen molar-refractivity contribution < 1.29 is 14.2 Å². The van der Waals surface area contributed by atoms with E-state index in [9.17, 15) is 0 Å². The minimum absolute atomic E-state index is 0.384. The van der Waals surface area contributed by atoms with Gasteiger partial charge in [0.15, 0.2) is 0 Å². The summed E-state index contributed by atoms with van der Waals surface area (Å²) >= 11 is 0. The Labute approximate surface area is 73.6 Å². The molecule has 1 aliphatic heterocycles. The Kier molecular flexibility index (Phi) is 7.74. The summed E-state index contributed by atoms with van der Waals surface area (Å²) in [5, 5.41) is 0. The molecule has 3 heteroatoms. The van der Waals surface area contributed by atoms with Crippen LogP contribution >= 0.6 is 0 Å². The lowest BCUT2D eigenvalue weighted by Gasteiger charge is -1.92. The van der Waals surface area contributed by atoms with Crippen molar-refractivity contribution in [3.05, 3.63) is 25.5 Å². The summed E-state index contributed by atoms with van der Waals surface area (Å²) in [4.78, 5) is 0. The SMILES string of the molecule is C=CCOCC1CO1.C=COC. The van der Waals surface area contributed by atoms with Gasteiger partial charge < -0.3 is 14.2 Å². The minimum atomic E-state index is 0.384. The Morgan fingerprint density at radius 3 is 2.50 bits per heavy atom. The van der Waals surface area contributed by atoms with Crippen LogP contribution in [0.1, 0.15) is 0 Å². The fraction of sp³-hybridized carbons (Fsp3) is 0.556. The number of epoxide rings is 1. The average Bonchev–Trinajstić information content (AvgIpc) is 2.89. The molecule has 70 valence electrons. The molecule has 1 aliphatic rings. The van der Waals surface area contributed by atoms with E-state index >= 15 is 0 Å². The molecule has 0 aromatic rings. The van der Waals surface area contributed by atoms with Gasteiger partial charge in [-0.1, -0.05) is 12.7 Å². The number of hydrogen-bond acceptors (Lipinski definition) is 3. The molecule has 0 saturated carbocycles. The van der Waals surface area contributed by atoms with Gasteiger partial charge in [-0.15, -0.1) is 6.58 Å².